The summed E-state index contributed by atoms with van der Waals surface area (Å²) in [5.74, 6) is -2.02. The van der Waals surface area contributed by atoms with Crippen molar-refractivity contribution >= 4 is 17.8 Å². The van der Waals surface area contributed by atoms with Gasteiger partial charge in [-0.15, -0.1) is 0 Å². The maximum atomic E-state index is 13.6. The Morgan fingerprint density at radius 1 is 0.794 bits per heavy atom. The molecule has 0 saturated carbocycles. The normalized spacial score (nSPS) is 12.3. The van der Waals surface area contributed by atoms with Gasteiger partial charge in [-0.25, -0.2) is 9.18 Å². The van der Waals surface area contributed by atoms with E-state index in [1.165, 1.54) is 32.2 Å². The molecule has 2 N–H and O–H groups in total. The average molecular weight is 463 g/mol. The average Bonchev–Trinajstić information content (AvgIpc) is 2.83. The van der Waals surface area contributed by atoms with Gasteiger partial charge in [0.2, 0.25) is 11.8 Å². The number of carbonyl (C=O) groups is 3. The first-order valence-corrected chi connectivity index (χ1v) is 10.9. The SMILES string of the molecule is COC(=O)[C@H](Cc1ccc(-c2ccccc2)cc1)NC(=O)[C@H](Cc1cccc(F)c1)NC(C)=O. The highest BCUT2D eigenvalue weighted by Crippen LogP contribution is 2.20. The number of rotatable bonds is 9. The fourth-order valence-electron chi connectivity index (χ4n) is 3.66. The second-order valence-electron chi connectivity index (χ2n) is 7.94. The number of carbonyl (C=O) groups excluding carboxylic acids is 3. The van der Waals surface area contributed by atoms with Gasteiger partial charge in [0.1, 0.15) is 17.9 Å². The standard InChI is InChI=1S/C27H27FN2O4/c1-18(31)29-24(17-20-7-6-10-23(28)15-20)26(32)30-25(27(33)34-2)16-19-11-13-22(14-12-19)21-8-4-3-5-9-21/h3-15,24-25H,16-17H2,1-2H3,(H,29,31)(H,30,32)/t24-,25-/m0/s1. The van der Waals surface area contributed by atoms with Crippen molar-refractivity contribution in [3.63, 3.8) is 0 Å². The van der Waals surface area contributed by atoms with Crippen LogP contribution in [0.2, 0.25) is 0 Å². The zero-order chi connectivity index (χ0) is 24.5. The van der Waals surface area contributed by atoms with Crippen LogP contribution in [0.1, 0.15) is 18.1 Å². The molecule has 7 heteroatoms. The molecule has 3 aromatic carbocycles. The van der Waals surface area contributed by atoms with Crippen LogP contribution in [0.4, 0.5) is 4.39 Å². The van der Waals surface area contributed by atoms with Crippen LogP contribution < -0.4 is 10.6 Å². The van der Waals surface area contributed by atoms with Crippen molar-refractivity contribution in [1.82, 2.24) is 10.6 Å². The molecule has 0 aromatic heterocycles. The lowest BCUT2D eigenvalue weighted by atomic mass is 10.00. The molecule has 3 aromatic rings. The molecular formula is C27H27FN2O4. The molecule has 0 aliphatic rings. The van der Waals surface area contributed by atoms with Crippen LogP contribution in [0, 0.1) is 5.82 Å². The summed E-state index contributed by atoms with van der Waals surface area (Å²) in [5.41, 5.74) is 3.47. The number of halogens is 1. The number of benzene rings is 3. The van der Waals surface area contributed by atoms with E-state index in [0.29, 0.717) is 5.56 Å². The molecule has 34 heavy (non-hydrogen) atoms. The lowest BCUT2D eigenvalue weighted by molar-refractivity contribution is -0.145. The Morgan fingerprint density at radius 2 is 1.44 bits per heavy atom. The maximum absolute atomic E-state index is 13.6. The zero-order valence-corrected chi connectivity index (χ0v) is 19.1. The van der Waals surface area contributed by atoms with Gasteiger partial charge in [0, 0.05) is 19.8 Å². The fraction of sp³-hybridized carbons (Fsp3) is 0.222. The lowest BCUT2D eigenvalue weighted by Crippen LogP contribution is -2.53. The van der Waals surface area contributed by atoms with Gasteiger partial charge in [0.15, 0.2) is 0 Å². The monoisotopic (exact) mass is 462 g/mol. The van der Waals surface area contributed by atoms with Crippen molar-refractivity contribution in [3.05, 3.63) is 95.8 Å². The summed E-state index contributed by atoms with van der Waals surface area (Å²) in [6.45, 7) is 1.29. The first kappa shape index (κ1) is 24.6. The Kier molecular flexibility index (Phi) is 8.51. The van der Waals surface area contributed by atoms with Crippen molar-refractivity contribution in [3.8, 4) is 11.1 Å². The van der Waals surface area contributed by atoms with E-state index in [0.717, 1.165) is 16.7 Å². The lowest BCUT2D eigenvalue weighted by Gasteiger charge is -2.22. The number of ether oxygens (including phenoxy) is 1. The summed E-state index contributed by atoms with van der Waals surface area (Å²) in [4.78, 5) is 37.1. The predicted molar refractivity (Wildman–Crippen MR) is 127 cm³/mol. The van der Waals surface area contributed by atoms with E-state index < -0.39 is 35.7 Å². The van der Waals surface area contributed by atoms with Crippen molar-refractivity contribution in [2.24, 2.45) is 0 Å². The van der Waals surface area contributed by atoms with Crippen LogP contribution >= 0.6 is 0 Å². The van der Waals surface area contributed by atoms with E-state index in [1.54, 1.807) is 6.07 Å². The molecule has 0 unspecified atom stereocenters. The minimum absolute atomic E-state index is 0.0723. The predicted octanol–water partition coefficient (Wildman–Crippen LogP) is 3.44. The number of amides is 2. The topological polar surface area (TPSA) is 84.5 Å². The Bertz CT molecular complexity index is 1130. The van der Waals surface area contributed by atoms with Crippen molar-refractivity contribution in [2.75, 3.05) is 7.11 Å². The van der Waals surface area contributed by atoms with E-state index in [4.69, 9.17) is 4.74 Å². The second-order valence-corrected chi connectivity index (χ2v) is 7.94. The largest absolute Gasteiger partial charge is 0.467 e. The molecule has 2 amide bonds. The molecule has 6 nitrogen and oxygen atoms in total. The quantitative estimate of drug-likeness (QED) is 0.477. The number of hydrogen-bond donors (Lipinski definition) is 2. The van der Waals surface area contributed by atoms with Gasteiger partial charge in [0.25, 0.3) is 0 Å². The summed E-state index contributed by atoms with van der Waals surface area (Å²) in [6.07, 6.45) is 0.281. The molecule has 0 spiro atoms. The molecule has 0 heterocycles. The van der Waals surface area contributed by atoms with Crippen LogP contribution in [0.25, 0.3) is 11.1 Å². The minimum Gasteiger partial charge on any atom is -0.467 e. The number of hydrogen-bond acceptors (Lipinski definition) is 4. The van der Waals surface area contributed by atoms with Gasteiger partial charge >= 0.3 is 5.97 Å². The molecule has 0 saturated heterocycles. The van der Waals surface area contributed by atoms with Crippen molar-refractivity contribution in [2.45, 2.75) is 31.8 Å². The van der Waals surface area contributed by atoms with Gasteiger partial charge in [-0.3, -0.25) is 9.59 Å². The summed E-state index contributed by atoms with van der Waals surface area (Å²) in [7, 11) is 1.25. The first-order valence-electron chi connectivity index (χ1n) is 10.9. The summed E-state index contributed by atoms with van der Waals surface area (Å²) in [6, 6.07) is 21.4. The molecular weight excluding hydrogens is 435 g/mol. The molecule has 0 fully saturated rings. The highest BCUT2D eigenvalue weighted by molar-refractivity contribution is 5.90. The molecule has 0 bridgehead atoms. The first-order chi connectivity index (χ1) is 16.4. The van der Waals surface area contributed by atoms with E-state index >= 15 is 0 Å². The second kappa shape index (κ2) is 11.7. The van der Waals surface area contributed by atoms with Gasteiger partial charge in [-0.05, 0) is 34.4 Å². The van der Waals surface area contributed by atoms with Crippen LogP contribution in [0.15, 0.2) is 78.9 Å². The molecule has 0 radical (unpaired) electrons. The highest BCUT2D eigenvalue weighted by atomic mass is 19.1. The third kappa shape index (κ3) is 7.00. The number of esters is 1. The summed E-state index contributed by atoms with van der Waals surface area (Å²) in [5, 5.41) is 5.25. The smallest absolute Gasteiger partial charge is 0.328 e. The van der Waals surface area contributed by atoms with Gasteiger partial charge in [-0.1, -0.05) is 66.7 Å². The van der Waals surface area contributed by atoms with Gasteiger partial charge < -0.3 is 15.4 Å². The summed E-state index contributed by atoms with van der Waals surface area (Å²) < 4.78 is 18.5. The van der Waals surface area contributed by atoms with E-state index in [9.17, 15) is 18.8 Å². The van der Waals surface area contributed by atoms with Crippen molar-refractivity contribution < 1.29 is 23.5 Å². The maximum Gasteiger partial charge on any atom is 0.328 e. The van der Waals surface area contributed by atoms with Crippen molar-refractivity contribution in [1.29, 1.82) is 0 Å². The van der Waals surface area contributed by atoms with E-state index in [2.05, 4.69) is 10.6 Å². The zero-order valence-electron chi connectivity index (χ0n) is 19.1. The van der Waals surface area contributed by atoms with Crippen LogP contribution in [-0.4, -0.2) is 37.0 Å². The van der Waals surface area contributed by atoms with Crippen LogP contribution in [0.5, 0.6) is 0 Å². The Morgan fingerprint density at radius 3 is 2.06 bits per heavy atom. The molecule has 176 valence electrons. The molecule has 0 aliphatic heterocycles. The Hall–Kier alpha value is -4.00. The third-order valence-electron chi connectivity index (χ3n) is 5.33. The Balaban J connectivity index is 1.74. The van der Waals surface area contributed by atoms with E-state index in [-0.39, 0.29) is 12.8 Å². The third-order valence-corrected chi connectivity index (χ3v) is 5.33. The molecule has 2 atom stereocenters. The fourth-order valence-corrected chi connectivity index (χ4v) is 3.66. The van der Waals surface area contributed by atoms with Crippen LogP contribution in [-0.2, 0) is 32.0 Å². The van der Waals surface area contributed by atoms with Gasteiger partial charge in [-0.2, -0.15) is 0 Å². The van der Waals surface area contributed by atoms with Crippen LogP contribution in [0.3, 0.4) is 0 Å². The number of methoxy groups -OCH3 is 1. The Labute approximate surface area is 198 Å². The van der Waals surface area contributed by atoms with E-state index in [1.807, 2.05) is 54.6 Å². The summed E-state index contributed by atoms with van der Waals surface area (Å²) >= 11 is 0. The minimum atomic E-state index is -0.980. The van der Waals surface area contributed by atoms with Gasteiger partial charge in [0.05, 0.1) is 7.11 Å². The highest BCUT2D eigenvalue weighted by Gasteiger charge is 2.27. The number of nitrogens with one attached hydrogen (secondary N) is 2. The molecule has 3 rings (SSSR count). The molecule has 0 aliphatic carbocycles.